The minimum atomic E-state index is -0.630. The molecule has 1 aromatic carbocycles. The number of ketones is 1. The van der Waals surface area contributed by atoms with Crippen LogP contribution in [0.15, 0.2) is 18.2 Å². The van der Waals surface area contributed by atoms with Crippen LogP contribution in [0.2, 0.25) is 5.02 Å². The molecule has 0 bridgehead atoms. The molecule has 0 saturated heterocycles. The first-order chi connectivity index (χ1) is 8.93. The monoisotopic (exact) mass is 280 g/mol. The molecule has 0 N–H and O–H groups in total. The minimum Gasteiger partial charge on any atom is -0.349 e. The Morgan fingerprint density at radius 3 is 2.63 bits per heavy atom. The van der Waals surface area contributed by atoms with E-state index in [1.807, 2.05) is 0 Å². The van der Waals surface area contributed by atoms with Crippen molar-refractivity contribution in [3.8, 4) is 0 Å². The number of hydrogen-bond acceptors (Lipinski definition) is 3. The van der Waals surface area contributed by atoms with Crippen molar-refractivity contribution in [2.75, 3.05) is 25.5 Å². The SMILES string of the molecule is CN(C)C(=O)CCN1C(=O)C(=O)c2c(Cl)cccc21. The highest BCUT2D eigenvalue weighted by atomic mass is 35.5. The van der Waals surface area contributed by atoms with E-state index >= 15 is 0 Å². The lowest BCUT2D eigenvalue weighted by molar-refractivity contribution is -0.128. The summed E-state index contributed by atoms with van der Waals surface area (Å²) in [5.41, 5.74) is 0.709. The lowest BCUT2D eigenvalue weighted by atomic mass is 10.1. The molecule has 0 fully saturated rings. The quantitative estimate of drug-likeness (QED) is 0.785. The Balaban J connectivity index is 2.25. The van der Waals surface area contributed by atoms with Crippen molar-refractivity contribution in [3.63, 3.8) is 0 Å². The molecule has 2 amide bonds. The molecule has 1 heterocycles. The van der Waals surface area contributed by atoms with Gasteiger partial charge in [-0.1, -0.05) is 17.7 Å². The fourth-order valence-electron chi connectivity index (χ4n) is 1.95. The van der Waals surface area contributed by atoms with Crippen molar-refractivity contribution in [1.82, 2.24) is 4.90 Å². The molecular weight excluding hydrogens is 268 g/mol. The van der Waals surface area contributed by atoms with Crippen LogP contribution in [0.4, 0.5) is 5.69 Å². The number of Topliss-reactive ketones (excluding diaryl/α,β-unsaturated/α-hetero) is 1. The summed E-state index contributed by atoms with van der Waals surface area (Å²) in [6.07, 6.45) is 0.165. The first-order valence-corrected chi connectivity index (χ1v) is 6.16. The molecule has 0 unspecified atom stereocenters. The molecule has 0 atom stereocenters. The van der Waals surface area contributed by atoms with E-state index in [2.05, 4.69) is 0 Å². The smallest absolute Gasteiger partial charge is 0.299 e. The number of fused-ring (bicyclic) bond motifs is 1. The molecule has 5 nitrogen and oxygen atoms in total. The second-order valence-corrected chi connectivity index (χ2v) is 4.87. The second-order valence-electron chi connectivity index (χ2n) is 4.46. The number of halogens is 1. The predicted octanol–water partition coefficient (Wildman–Crippen LogP) is 1.35. The van der Waals surface area contributed by atoms with Gasteiger partial charge in [-0.2, -0.15) is 0 Å². The predicted molar refractivity (Wildman–Crippen MR) is 71.4 cm³/mol. The molecule has 100 valence electrons. The fraction of sp³-hybridized carbons (Fsp3) is 0.308. The maximum absolute atomic E-state index is 11.9. The highest BCUT2D eigenvalue weighted by Crippen LogP contribution is 2.33. The third kappa shape index (κ3) is 2.33. The summed E-state index contributed by atoms with van der Waals surface area (Å²) in [6, 6.07) is 4.90. The van der Waals surface area contributed by atoms with E-state index in [9.17, 15) is 14.4 Å². The Hall–Kier alpha value is -1.88. The fourth-order valence-corrected chi connectivity index (χ4v) is 2.21. The zero-order valence-corrected chi connectivity index (χ0v) is 11.4. The van der Waals surface area contributed by atoms with Gasteiger partial charge in [0.2, 0.25) is 5.91 Å². The summed E-state index contributed by atoms with van der Waals surface area (Å²) in [6.45, 7) is 0.176. The van der Waals surface area contributed by atoms with Crippen molar-refractivity contribution in [2.45, 2.75) is 6.42 Å². The van der Waals surface area contributed by atoms with Crippen LogP contribution in [0, 0.1) is 0 Å². The normalized spacial score (nSPS) is 13.7. The second kappa shape index (κ2) is 5.01. The van der Waals surface area contributed by atoms with Crippen LogP contribution in [-0.2, 0) is 9.59 Å². The third-order valence-electron chi connectivity index (χ3n) is 3.00. The molecule has 1 aromatic rings. The molecule has 1 aliphatic rings. The molecule has 0 radical (unpaired) electrons. The number of hydrogen-bond donors (Lipinski definition) is 0. The average Bonchev–Trinajstić information content (AvgIpc) is 2.60. The maximum atomic E-state index is 11.9. The highest BCUT2D eigenvalue weighted by Gasteiger charge is 2.37. The summed E-state index contributed by atoms with van der Waals surface area (Å²) in [4.78, 5) is 38.0. The van der Waals surface area contributed by atoms with Crippen molar-refractivity contribution in [2.24, 2.45) is 0 Å². The molecule has 1 aliphatic heterocycles. The van der Waals surface area contributed by atoms with E-state index in [-0.39, 0.29) is 29.5 Å². The van der Waals surface area contributed by atoms with E-state index in [4.69, 9.17) is 11.6 Å². The van der Waals surface area contributed by atoms with Gasteiger partial charge in [0.1, 0.15) is 0 Å². The molecule has 0 spiro atoms. The van der Waals surface area contributed by atoms with Gasteiger partial charge in [-0.05, 0) is 12.1 Å². The number of nitrogens with zero attached hydrogens (tertiary/aromatic N) is 2. The van der Waals surface area contributed by atoms with Gasteiger partial charge in [-0.3, -0.25) is 14.4 Å². The third-order valence-corrected chi connectivity index (χ3v) is 3.31. The molecule has 6 heteroatoms. The summed E-state index contributed by atoms with van der Waals surface area (Å²) in [7, 11) is 3.29. The standard InChI is InChI=1S/C13H13ClN2O3/c1-15(2)10(17)6-7-16-9-5-3-4-8(14)11(9)12(18)13(16)19/h3-5H,6-7H2,1-2H3. The molecule has 0 saturated carbocycles. The number of rotatable bonds is 3. The molecular formula is C13H13ClN2O3. The van der Waals surface area contributed by atoms with Crippen molar-refractivity contribution in [3.05, 3.63) is 28.8 Å². The summed E-state index contributed by atoms with van der Waals surface area (Å²) in [5.74, 6) is -1.34. The van der Waals surface area contributed by atoms with E-state index in [0.29, 0.717) is 5.69 Å². The van der Waals surface area contributed by atoms with Crippen molar-refractivity contribution >= 4 is 34.9 Å². The average molecular weight is 281 g/mol. The Morgan fingerprint density at radius 2 is 2.00 bits per heavy atom. The van der Waals surface area contributed by atoms with Gasteiger partial charge in [0.25, 0.3) is 11.7 Å². The van der Waals surface area contributed by atoms with Crippen LogP contribution in [0.3, 0.4) is 0 Å². The number of anilines is 1. The van der Waals surface area contributed by atoms with Gasteiger partial charge in [0, 0.05) is 27.1 Å². The lowest BCUT2D eigenvalue weighted by Gasteiger charge is -2.17. The van der Waals surface area contributed by atoms with Crippen LogP contribution >= 0.6 is 11.6 Å². The topological polar surface area (TPSA) is 57.7 Å². The van der Waals surface area contributed by atoms with Gasteiger partial charge in [0.05, 0.1) is 16.3 Å². The van der Waals surface area contributed by atoms with Gasteiger partial charge in [0.15, 0.2) is 0 Å². The first kappa shape index (κ1) is 13.5. The Kier molecular flexibility index (Phi) is 3.57. The van der Waals surface area contributed by atoms with Crippen LogP contribution in [0.5, 0.6) is 0 Å². The Morgan fingerprint density at radius 1 is 1.32 bits per heavy atom. The summed E-state index contributed by atoms with van der Waals surface area (Å²) >= 11 is 5.93. The molecule has 19 heavy (non-hydrogen) atoms. The van der Waals surface area contributed by atoms with E-state index in [1.54, 1.807) is 32.3 Å². The largest absolute Gasteiger partial charge is 0.349 e. The van der Waals surface area contributed by atoms with Crippen LogP contribution in [0.1, 0.15) is 16.8 Å². The first-order valence-electron chi connectivity index (χ1n) is 5.78. The number of benzene rings is 1. The van der Waals surface area contributed by atoms with Gasteiger partial charge in [-0.15, -0.1) is 0 Å². The van der Waals surface area contributed by atoms with Crippen LogP contribution in [-0.4, -0.2) is 43.1 Å². The maximum Gasteiger partial charge on any atom is 0.299 e. The lowest BCUT2D eigenvalue weighted by Crippen LogP contribution is -2.34. The Bertz CT molecular complexity index is 569. The van der Waals surface area contributed by atoms with Gasteiger partial charge < -0.3 is 9.80 Å². The summed E-state index contributed by atoms with van der Waals surface area (Å²) in [5, 5.41) is 0.261. The van der Waals surface area contributed by atoms with Gasteiger partial charge >= 0.3 is 0 Å². The number of carbonyl (C=O) groups is 3. The zero-order valence-electron chi connectivity index (χ0n) is 10.6. The van der Waals surface area contributed by atoms with Crippen LogP contribution in [0.25, 0.3) is 0 Å². The number of carbonyl (C=O) groups excluding carboxylic acids is 3. The highest BCUT2D eigenvalue weighted by molar-refractivity contribution is 6.55. The van der Waals surface area contributed by atoms with Crippen molar-refractivity contribution < 1.29 is 14.4 Å². The van der Waals surface area contributed by atoms with Crippen LogP contribution < -0.4 is 4.90 Å². The number of amides is 2. The minimum absolute atomic E-state index is 0.101. The molecule has 2 rings (SSSR count). The van der Waals surface area contributed by atoms with Gasteiger partial charge in [-0.25, -0.2) is 0 Å². The molecule has 0 aliphatic carbocycles. The van der Waals surface area contributed by atoms with E-state index in [0.717, 1.165) is 0 Å². The Labute approximate surface area is 115 Å². The van der Waals surface area contributed by atoms with E-state index in [1.165, 1.54) is 9.80 Å². The zero-order chi connectivity index (χ0) is 14.2. The molecule has 0 aromatic heterocycles. The van der Waals surface area contributed by atoms with Crippen molar-refractivity contribution in [1.29, 1.82) is 0 Å². The van der Waals surface area contributed by atoms with E-state index < -0.39 is 11.7 Å². The summed E-state index contributed by atoms with van der Waals surface area (Å²) < 4.78 is 0.